The second-order valence-electron chi connectivity index (χ2n) is 4.18. The third-order valence-corrected chi connectivity index (χ3v) is 3.15. The summed E-state index contributed by atoms with van der Waals surface area (Å²) >= 11 is 0. The maximum absolute atomic E-state index is 11.7. The Labute approximate surface area is 112 Å². The molecule has 1 aromatic rings. The number of rotatable bonds is 4. The Bertz CT molecular complexity index is 469. The van der Waals surface area contributed by atoms with Crippen LogP contribution in [0.3, 0.4) is 0 Å². The average Bonchev–Trinajstić information content (AvgIpc) is 2.45. The van der Waals surface area contributed by atoms with E-state index in [0.29, 0.717) is 19.6 Å². The summed E-state index contributed by atoms with van der Waals surface area (Å²) in [5.41, 5.74) is 1.88. The molecule has 0 N–H and O–H groups in total. The smallest absolute Gasteiger partial charge is 0.335 e. The summed E-state index contributed by atoms with van der Waals surface area (Å²) in [4.78, 5) is 11.7. The molecule has 0 radical (unpaired) electrons. The highest BCUT2D eigenvalue weighted by Gasteiger charge is 2.30. The molecule has 0 fully saturated rings. The van der Waals surface area contributed by atoms with Gasteiger partial charge in [0.05, 0.1) is 27.4 Å². The number of fused-ring (bicyclic) bond motifs is 1. The van der Waals surface area contributed by atoms with Gasteiger partial charge in [-0.15, -0.1) is 0 Å². The Morgan fingerprint density at radius 1 is 1.26 bits per heavy atom. The number of esters is 1. The van der Waals surface area contributed by atoms with Crippen LogP contribution < -0.4 is 9.47 Å². The summed E-state index contributed by atoms with van der Waals surface area (Å²) in [6, 6.07) is 3.68. The van der Waals surface area contributed by atoms with Crippen LogP contribution in [0.4, 0.5) is 0 Å². The van der Waals surface area contributed by atoms with Crippen molar-refractivity contribution < 1.29 is 23.7 Å². The van der Waals surface area contributed by atoms with Crippen LogP contribution >= 0.6 is 0 Å². The van der Waals surface area contributed by atoms with Gasteiger partial charge in [0.25, 0.3) is 0 Å². The van der Waals surface area contributed by atoms with Crippen molar-refractivity contribution in [2.45, 2.75) is 26.1 Å². The Balaban J connectivity index is 2.30. The van der Waals surface area contributed by atoms with Gasteiger partial charge < -0.3 is 18.9 Å². The summed E-state index contributed by atoms with van der Waals surface area (Å²) in [5.74, 6) is 1.16. The molecular formula is C14H18O5. The van der Waals surface area contributed by atoms with Gasteiger partial charge in [0.1, 0.15) is 11.5 Å². The molecule has 0 amide bonds. The SMILES string of the molecule is CCOC(=O)C1Cc2c(OC)ccc(OC)c2CO1. The van der Waals surface area contributed by atoms with Crippen LogP contribution in [0, 0.1) is 0 Å². The van der Waals surface area contributed by atoms with Gasteiger partial charge in [-0.2, -0.15) is 0 Å². The van der Waals surface area contributed by atoms with Crippen LogP contribution in [-0.2, 0) is 27.3 Å². The van der Waals surface area contributed by atoms with E-state index in [4.69, 9.17) is 18.9 Å². The summed E-state index contributed by atoms with van der Waals surface area (Å²) in [6.07, 6.45) is -0.136. The monoisotopic (exact) mass is 266 g/mol. The molecular weight excluding hydrogens is 248 g/mol. The van der Waals surface area contributed by atoms with Crippen molar-refractivity contribution in [2.24, 2.45) is 0 Å². The first-order valence-electron chi connectivity index (χ1n) is 6.22. The predicted molar refractivity (Wildman–Crippen MR) is 68.5 cm³/mol. The molecule has 0 aliphatic carbocycles. The van der Waals surface area contributed by atoms with Gasteiger partial charge in [-0.3, -0.25) is 0 Å². The standard InChI is InChI=1S/C14H18O5/c1-4-18-14(15)13-7-9-10(8-19-13)12(17-3)6-5-11(9)16-2/h5-6,13H,4,7-8H2,1-3H3. The molecule has 0 saturated heterocycles. The lowest BCUT2D eigenvalue weighted by Gasteiger charge is -2.26. The van der Waals surface area contributed by atoms with Gasteiger partial charge in [-0.25, -0.2) is 4.79 Å². The first kappa shape index (κ1) is 13.7. The first-order valence-corrected chi connectivity index (χ1v) is 6.22. The lowest BCUT2D eigenvalue weighted by Crippen LogP contribution is -2.32. The van der Waals surface area contributed by atoms with Crippen LogP contribution in [0.15, 0.2) is 12.1 Å². The highest BCUT2D eigenvalue weighted by Crippen LogP contribution is 2.35. The lowest BCUT2D eigenvalue weighted by molar-refractivity contribution is -0.158. The average molecular weight is 266 g/mol. The molecule has 0 spiro atoms. The van der Waals surface area contributed by atoms with Gasteiger partial charge in [-0.05, 0) is 19.1 Å². The third kappa shape index (κ3) is 2.66. The van der Waals surface area contributed by atoms with E-state index >= 15 is 0 Å². The number of hydrogen-bond acceptors (Lipinski definition) is 5. The molecule has 1 aliphatic heterocycles. The Hall–Kier alpha value is -1.75. The van der Waals surface area contributed by atoms with E-state index in [1.165, 1.54) is 0 Å². The summed E-state index contributed by atoms with van der Waals surface area (Å²) < 4.78 is 21.2. The minimum atomic E-state index is -0.576. The maximum atomic E-state index is 11.7. The molecule has 0 aromatic heterocycles. The largest absolute Gasteiger partial charge is 0.496 e. The lowest BCUT2D eigenvalue weighted by atomic mass is 9.97. The van der Waals surface area contributed by atoms with E-state index < -0.39 is 6.10 Å². The van der Waals surface area contributed by atoms with Crippen molar-refractivity contribution in [3.05, 3.63) is 23.3 Å². The molecule has 0 bridgehead atoms. The summed E-state index contributed by atoms with van der Waals surface area (Å²) in [5, 5.41) is 0. The van der Waals surface area contributed by atoms with Gasteiger partial charge in [-0.1, -0.05) is 0 Å². The molecule has 2 rings (SSSR count). The van der Waals surface area contributed by atoms with E-state index in [1.807, 2.05) is 12.1 Å². The van der Waals surface area contributed by atoms with E-state index in [1.54, 1.807) is 21.1 Å². The topological polar surface area (TPSA) is 54.0 Å². The fraction of sp³-hybridized carbons (Fsp3) is 0.500. The number of hydrogen-bond donors (Lipinski definition) is 0. The molecule has 1 aromatic carbocycles. The molecule has 104 valence electrons. The summed E-state index contributed by atoms with van der Waals surface area (Å²) in [7, 11) is 3.22. The molecule has 1 heterocycles. The number of carbonyl (C=O) groups is 1. The van der Waals surface area contributed by atoms with Crippen LogP contribution in [-0.4, -0.2) is 32.9 Å². The van der Waals surface area contributed by atoms with Crippen molar-refractivity contribution in [2.75, 3.05) is 20.8 Å². The Kier molecular flexibility index (Phi) is 4.27. The van der Waals surface area contributed by atoms with Crippen molar-refractivity contribution >= 4 is 5.97 Å². The fourth-order valence-corrected chi connectivity index (χ4v) is 2.23. The van der Waals surface area contributed by atoms with Gasteiger partial charge in [0.2, 0.25) is 0 Å². The van der Waals surface area contributed by atoms with Crippen LogP contribution in [0.2, 0.25) is 0 Å². The normalized spacial score (nSPS) is 17.5. The van der Waals surface area contributed by atoms with Gasteiger partial charge >= 0.3 is 5.97 Å². The number of carbonyl (C=O) groups excluding carboxylic acids is 1. The highest BCUT2D eigenvalue weighted by atomic mass is 16.6. The second-order valence-corrected chi connectivity index (χ2v) is 4.18. The number of benzene rings is 1. The summed E-state index contributed by atoms with van der Waals surface area (Å²) in [6.45, 7) is 2.44. The molecule has 5 heteroatoms. The van der Waals surface area contributed by atoms with Crippen molar-refractivity contribution in [1.82, 2.24) is 0 Å². The zero-order chi connectivity index (χ0) is 13.8. The van der Waals surface area contributed by atoms with Crippen LogP contribution in [0.25, 0.3) is 0 Å². The van der Waals surface area contributed by atoms with E-state index in [9.17, 15) is 4.79 Å². The zero-order valence-corrected chi connectivity index (χ0v) is 11.4. The predicted octanol–water partition coefficient (Wildman–Crippen LogP) is 1.71. The number of ether oxygens (including phenoxy) is 4. The van der Waals surface area contributed by atoms with Crippen LogP contribution in [0.5, 0.6) is 11.5 Å². The molecule has 1 aliphatic rings. The highest BCUT2D eigenvalue weighted by molar-refractivity contribution is 5.76. The molecule has 1 unspecified atom stereocenters. The fourth-order valence-electron chi connectivity index (χ4n) is 2.23. The Morgan fingerprint density at radius 2 is 1.89 bits per heavy atom. The van der Waals surface area contributed by atoms with Crippen molar-refractivity contribution in [3.8, 4) is 11.5 Å². The zero-order valence-electron chi connectivity index (χ0n) is 11.4. The molecule has 0 saturated carbocycles. The van der Waals surface area contributed by atoms with E-state index in [-0.39, 0.29) is 5.97 Å². The van der Waals surface area contributed by atoms with Gasteiger partial charge in [0, 0.05) is 17.5 Å². The number of methoxy groups -OCH3 is 2. The molecule has 19 heavy (non-hydrogen) atoms. The van der Waals surface area contributed by atoms with Crippen molar-refractivity contribution in [3.63, 3.8) is 0 Å². The molecule has 5 nitrogen and oxygen atoms in total. The van der Waals surface area contributed by atoms with Crippen LogP contribution in [0.1, 0.15) is 18.1 Å². The quantitative estimate of drug-likeness (QED) is 0.776. The van der Waals surface area contributed by atoms with E-state index in [0.717, 1.165) is 22.6 Å². The van der Waals surface area contributed by atoms with Gasteiger partial charge in [0.15, 0.2) is 6.10 Å². The first-order chi connectivity index (χ1) is 9.21. The maximum Gasteiger partial charge on any atom is 0.335 e. The molecule has 1 atom stereocenters. The third-order valence-electron chi connectivity index (χ3n) is 3.15. The van der Waals surface area contributed by atoms with E-state index in [2.05, 4.69) is 0 Å². The Morgan fingerprint density at radius 3 is 2.47 bits per heavy atom. The second kappa shape index (κ2) is 5.93. The minimum Gasteiger partial charge on any atom is -0.496 e. The minimum absolute atomic E-state index is 0.319. The van der Waals surface area contributed by atoms with Crippen molar-refractivity contribution in [1.29, 1.82) is 0 Å².